The summed E-state index contributed by atoms with van der Waals surface area (Å²) in [6, 6.07) is 4.65. The molecule has 2 aliphatic rings. The second-order valence-corrected chi connectivity index (χ2v) is 6.37. The van der Waals surface area contributed by atoms with Gasteiger partial charge in [0.25, 0.3) is 0 Å². The summed E-state index contributed by atoms with van der Waals surface area (Å²) in [5.74, 6) is 2.53. The van der Waals surface area contributed by atoms with E-state index in [1.165, 1.54) is 31.2 Å². The van der Waals surface area contributed by atoms with Gasteiger partial charge in [0.05, 0.1) is 0 Å². The molecule has 3 nitrogen and oxygen atoms in total. The van der Waals surface area contributed by atoms with E-state index in [2.05, 4.69) is 34.2 Å². The SMILES string of the molecule is CC(NCc1cc2c(cc1Br)OCO2)C1CCCC1. The third kappa shape index (κ3) is 2.90. The molecular weight excluding hydrogens is 306 g/mol. The lowest BCUT2D eigenvalue weighted by Gasteiger charge is -2.20. The molecule has 104 valence electrons. The molecular formula is C15H20BrNO2. The number of benzene rings is 1. The molecule has 1 fully saturated rings. The van der Waals surface area contributed by atoms with E-state index in [-0.39, 0.29) is 0 Å². The fraction of sp³-hybridized carbons (Fsp3) is 0.600. The Bertz CT molecular complexity index is 458. The standard InChI is InChI=1S/C15H20BrNO2/c1-10(11-4-2-3-5-11)17-8-12-6-14-15(7-13(12)16)19-9-18-14/h6-7,10-11,17H,2-5,8-9H2,1H3. The third-order valence-electron chi connectivity index (χ3n) is 4.26. The van der Waals surface area contributed by atoms with Gasteiger partial charge in [0.2, 0.25) is 6.79 Å². The van der Waals surface area contributed by atoms with Gasteiger partial charge in [-0.15, -0.1) is 0 Å². The largest absolute Gasteiger partial charge is 0.454 e. The minimum Gasteiger partial charge on any atom is -0.454 e. The average molecular weight is 326 g/mol. The third-order valence-corrected chi connectivity index (χ3v) is 5.00. The van der Waals surface area contributed by atoms with E-state index < -0.39 is 0 Å². The van der Waals surface area contributed by atoms with Crippen LogP contribution in [0.1, 0.15) is 38.2 Å². The summed E-state index contributed by atoms with van der Waals surface area (Å²) >= 11 is 3.61. The molecule has 1 aromatic carbocycles. The maximum Gasteiger partial charge on any atom is 0.231 e. The lowest BCUT2D eigenvalue weighted by atomic mass is 9.99. The van der Waals surface area contributed by atoms with E-state index >= 15 is 0 Å². The van der Waals surface area contributed by atoms with Crippen LogP contribution < -0.4 is 14.8 Å². The Hall–Kier alpha value is -0.740. The van der Waals surface area contributed by atoms with Crippen molar-refractivity contribution >= 4 is 15.9 Å². The van der Waals surface area contributed by atoms with Crippen LogP contribution in [0.15, 0.2) is 16.6 Å². The summed E-state index contributed by atoms with van der Waals surface area (Å²) < 4.78 is 11.9. The molecule has 4 heteroatoms. The molecule has 0 saturated heterocycles. The maximum absolute atomic E-state index is 5.43. The van der Waals surface area contributed by atoms with Gasteiger partial charge in [0.1, 0.15) is 0 Å². The van der Waals surface area contributed by atoms with E-state index in [1.807, 2.05) is 6.07 Å². The Morgan fingerprint density at radius 2 is 1.95 bits per heavy atom. The summed E-state index contributed by atoms with van der Waals surface area (Å²) in [7, 11) is 0. The van der Waals surface area contributed by atoms with Crippen LogP contribution in [-0.4, -0.2) is 12.8 Å². The van der Waals surface area contributed by atoms with Crippen molar-refractivity contribution in [3.05, 3.63) is 22.2 Å². The second-order valence-electron chi connectivity index (χ2n) is 5.51. The van der Waals surface area contributed by atoms with Gasteiger partial charge >= 0.3 is 0 Å². The number of hydrogen-bond donors (Lipinski definition) is 1. The van der Waals surface area contributed by atoms with Crippen molar-refractivity contribution < 1.29 is 9.47 Å². The molecule has 0 spiro atoms. The van der Waals surface area contributed by atoms with Crippen LogP contribution in [0.3, 0.4) is 0 Å². The highest BCUT2D eigenvalue weighted by Gasteiger charge is 2.22. The van der Waals surface area contributed by atoms with E-state index in [0.29, 0.717) is 12.8 Å². The van der Waals surface area contributed by atoms with E-state index in [1.54, 1.807) is 0 Å². The maximum atomic E-state index is 5.43. The Morgan fingerprint density at radius 3 is 2.68 bits per heavy atom. The van der Waals surface area contributed by atoms with Crippen LogP contribution >= 0.6 is 15.9 Å². The highest BCUT2D eigenvalue weighted by atomic mass is 79.9. The van der Waals surface area contributed by atoms with Gasteiger partial charge in [-0.1, -0.05) is 28.8 Å². The summed E-state index contributed by atoms with van der Waals surface area (Å²) in [6.45, 7) is 3.50. The first-order valence-electron chi connectivity index (χ1n) is 7.05. The van der Waals surface area contributed by atoms with Gasteiger partial charge in [0, 0.05) is 17.1 Å². The van der Waals surface area contributed by atoms with Gasteiger partial charge in [0.15, 0.2) is 11.5 Å². The first kappa shape index (κ1) is 13.3. The van der Waals surface area contributed by atoms with Crippen molar-refractivity contribution in [1.82, 2.24) is 5.32 Å². The number of fused-ring (bicyclic) bond motifs is 1. The highest BCUT2D eigenvalue weighted by molar-refractivity contribution is 9.10. The Kier molecular flexibility index (Phi) is 3.99. The minimum absolute atomic E-state index is 0.330. The predicted molar refractivity (Wildman–Crippen MR) is 78.5 cm³/mol. The molecule has 1 unspecified atom stereocenters. The number of ether oxygens (including phenoxy) is 2. The van der Waals surface area contributed by atoms with Gasteiger partial charge in [-0.3, -0.25) is 0 Å². The number of hydrogen-bond acceptors (Lipinski definition) is 3. The first-order valence-corrected chi connectivity index (χ1v) is 7.85. The predicted octanol–water partition coefficient (Wildman–Crippen LogP) is 3.85. The molecule has 1 atom stereocenters. The summed E-state index contributed by atoms with van der Waals surface area (Å²) in [4.78, 5) is 0. The summed E-state index contributed by atoms with van der Waals surface area (Å²) in [5.41, 5.74) is 1.23. The van der Waals surface area contributed by atoms with E-state index in [9.17, 15) is 0 Å². The second kappa shape index (κ2) is 5.71. The van der Waals surface area contributed by atoms with Crippen LogP contribution in [0.25, 0.3) is 0 Å². The Balaban J connectivity index is 1.63. The Morgan fingerprint density at radius 1 is 1.26 bits per heavy atom. The minimum atomic E-state index is 0.330. The molecule has 1 saturated carbocycles. The smallest absolute Gasteiger partial charge is 0.231 e. The number of nitrogens with one attached hydrogen (secondary N) is 1. The number of halogens is 1. The van der Waals surface area contributed by atoms with Crippen LogP contribution in [0.2, 0.25) is 0 Å². The van der Waals surface area contributed by atoms with E-state index in [0.717, 1.165) is 28.4 Å². The molecule has 1 aliphatic heterocycles. The average Bonchev–Trinajstić information content (AvgIpc) is 3.06. The van der Waals surface area contributed by atoms with E-state index in [4.69, 9.17) is 9.47 Å². The van der Waals surface area contributed by atoms with Crippen LogP contribution in [0, 0.1) is 5.92 Å². The molecule has 3 rings (SSSR count). The molecule has 1 aliphatic carbocycles. The molecule has 1 heterocycles. The van der Waals surface area contributed by atoms with Crippen molar-refractivity contribution in [3.63, 3.8) is 0 Å². The zero-order valence-electron chi connectivity index (χ0n) is 11.2. The van der Waals surface area contributed by atoms with Crippen molar-refractivity contribution in [1.29, 1.82) is 0 Å². The topological polar surface area (TPSA) is 30.5 Å². The van der Waals surface area contributed by atoms with Crippen molar-refractivity contribution in [2.24, 2.45) is 5.92 Å². The zero-order valence-corrected chi connectivity index (χ0v) is 12.8. The van der Waals surface area contributed by atoms with Crippen molar-refractivity contribution in [2.45, 2.75) is 45.2 Å². The lowest BCUT2D eigenvalue weighted by molar-refractivity contribution is 0.174. The van der Waals surface area contributed by atoms with Gasteiger partial charge in [-0.05, 0) is 43.4 Å². The molecule has 1 N–H and O–H groups in total. The summed E-state index contributed by atoms with van der Waals surface area (Å²) in [6.07, 6.45) is 5.53. The first-order chi connectivity index (χ1) is 9.24. The van der Waals surface area contributed by atoms with Crippen molar-refractivity contribution in [2.75, 3.05) is 6.79 Å². The quantitative estimate of drug-likeness (QED) is 0.912. The normalized spacial score (nSPS) is 19.9. The fourth-order valence-corrected chi connectivity index (χ4v) is 3.45. The van der Waals surface area contributed by atoms with Gasteiger partial charge in [-0.25, -0.2) is 0 Å². The zero-order chi connectivity index (χ0) is 13.2. The van der Waals surface area contributed by atoms with Crippen LogP contribution in [0.4, 0.5) is 0 Å². The molecule has 0 radical (unpaired) electrons. The molecule has 0 aromatic heterocycles. The molecule has 1 aromatic rings. The van der Waals surface area contributed by atoms with Crippen LogP contribution in [-0.2, 0) is 6.54 Å². The highest BCUT2D eigenvalue weighted by Crippen LogP contribution is 2.37. The van der Waals surface area contributed by atoms with Gasteiger partial charge in [-0.2, -0.15) is 0 Å². The Labute approximate surface area is 122 Å². The molecule has 0 amide bonds. The summed E-state index contributed by atoms with van der Waals surface area (Å²) in [5, 5.41) is 3.65. The van der Waals surface area contributed by atoms with Crippen molar-refractivity contribution in [3.8, 4) is 11.5 Å². The number of rotatable bonds is 4. The molecule has 19 heavy (non-hydrogen) atoms. The fourth-order valence-electron chi connectivity index (χ4n) is 2.99. The molecule has 0 bridgehead atoms. The lowest BCUT2D eigenvalue weighted by Crippen LogP contribution is -2.31. The van der Waals surface area contributed by atoms with Gasteiger partial charge < -0.3 is 14.8 Å². The monoisotopic (exact) mass is 325 g/mol. The van der Waals surface area contributed by atoms with Crippen LogP contribution in [0.5, 0.6) is 11.5 Å².